The second kappa shape index (κ2) is 8.38. The van der Waals surface area contributed by atoms with Gasteiger partial charge in [0.15, 0.2) is 11.5 Å². The van der Waals surface area contributed by atoms with E-state index < -0.39 is 16.7 Å². The Morgan fingerprint density at radius 1 is 1.14 bits per heavy atom. The Hall–Kier alpha value is -3.62. The maximum absolute atomic E-state index is 12.6. The number of hydrogen-bond acceptors (Lipinski definition) is 6. The first-order chi connectivity index (χ1) is 13.5. The summed E-state index contributed by atoms with van der Waals surface area (Å²) in [4.78, 5) is 36.6. The van der Waals surface area contributed by atoms with Crippen LogP contribution in [0.1, 0.15) is 17.3 Å². The first-order valence-corrected chi connectivity index (χ1v) is 8.71. The van der Waals surface area contributed by atoms with Crippen molar-refractivity contribution in [1.29, 1.82) is 0 Å². The number of nitro benzene ring substituents is 1. The number of rotatable bonds is 6. The Morgan fingerprint density at radius 2 is 1.89 bits per heavy atom. The Labute approximate surface area is 161 Å². The number of likely N-dealkylation sites (N-methyl/N-ethyl adjacent to an activating group) is 1. The molecule has 28 heavy (non-hydrogen) atoms. The average molecular weight is 385 g/mol. The summed E-state index contributed by atoms with van der Waals surface area (Å²) in [5.41, 5.74) is 0.499. The number of nitrogens with zero attached hydrogens (tertiary/aromatic N) is 2. The molecule has 1 heterocycles. The maximum atomic E-state index is 12.6. The van der Waals surface area contributed by atoms with Crippen LogP contribution in [0.3, 0.4) is 0 Å². The summed E-state index contributed by atoms with van der Waals surface area (Å²) < 4.78 is 10.9. The maximum Gasteiger partial charge on any atom is 0.270 e. The van der Waals surface area contributed by atoms with E-state index in [0.29, 0.717) is 30.4 Å². The van der Waals surface area contributed by atoms with Gasteiger partial charge >= 0.3 is 0 Å². The highest BCUT2D eigenvalue weighted by Gasteiger charge is 2.20. The zero-order valence-electron chi connectivity index (χ0n) is 15.2. The van der Waals surface area contributed by atoms with Gasteiger partial charge in [0.25, 0.3) is 11.6 Å². The molecule has 0 saturated carbocycles. The Balaban J connectivity index is 1.67. The van der Waals surface area contributed by atoms with Gasteiger partial charge in [-0.05, 0) is 25.1 Å². The molecule has 0 saturated heterocycles. The van der Waals surface area contributed by atoms with Crippen molar-refractivity contribution >= 4 is 23.2 Å². The summed E-state index contributed by atoms with van der Waals surface area (Å²) in [5, 5.41) is 13.6. The first kappa shape index (κ1) is 19.2. The molecule has 0 aromatic heterocycles. The Bertz CT molecular complexity index is 914. The number of fused-ring (bicyclic) bond motifs is 1. The fraction of sp³-hybridized carbons (Fsp3) is 0.263. The van der Waals surface area contributed by atoms with Gasteiger partial charge in [-0.15, -0.1) is 0 Å². The minimum atomic E-state index is -0.568. The third-order valence-corrected chi connectivity index (χ3v) is 4.13. The van der Waals surface area contributed by atoms with Crippen molar-refractivity contribution in [3.63, 3.8) is 0 Å². The van der Waals surface area contributed by atoms with Gasteiger partial charge in [-0.2, -0.15) is 0 Å². The van der Waals surface area contributed by atoms with Crippen LogP contribution in [0.4, 0.5) is 11.4 Å². The minimum absolute atomic E-state index is 0.156. The van der Waals surface area contributed by atoms with Gasteiger partial charge in [-0.25, -0.2) is 0 Å². The van der Waals surface area contributed by atoms with Crippen molar-refractivity contribution in [2.75, 3.05) is 31.6 Å². The number of non-ortho nitro benzene ring substituents is 1. The Morgan fingerprint density at radius 3 is 2.61 bits per heavy atom. The predicted molar refractivity (Wildman–Crippen MR) is 101 cm³/mol. The van der Waals surface area contributed by atoms with Crippen molar-refractivity contribution in [3.05, 3.63) is 58.1 Å². The van der Waals surface area contributed by atoms with Crippen LogP contribution >= 0.6 is 0 Å². The van der Waals surface area contributed by atoms with Crippen LogP contribution in [0.2, 0.25) is 0 Å². The summed E-state index contributed by atoms with van der Waals surface area (Å²) in [5.74, 6) is 0.310. The van der Waals surface area contributed by atoms with E-state index in [1.54, 1.807) is 25.1 Å². The van der Waals surface area contributed by atoms with E-state index in [-0.39, 0.29) is 24.3 Å². The third kappa shape index (κ3) is 4.37. The number of ether oxygens (including phenoxy) is 2. The molecule has 0 spiro atoms. The largest absolute Gasteiger partial charge is 0.486 e. The standard InChI is InChI=1S/C19H19N3O6/c1-2-21(19(24)13-4-3-5-15(10-13)22(25)26)12-18(23)20-14-6-7-16-17(11-14)28-9-8-27-16/h3-7,10-11H,2,8-9,12H2,1H3,(H,20,23). The summed E-state index contributed by atoms with van der Waals surface area (Å²) >= 11 is 0. The summed E-state index contributed by atoms with van der Waals surface area (Å²) in [6.07, 6.45) is 0. The molecule has 0 atom stereocenters. The van der Waals surface area contributed by atoms with Crippen molar-refractivity contribution in [2.45, 2.75) is 6.92 Å². The van der Waals surface area contributed by atoms with E-state index in [0.717, 1.165) is 0 Å². The highest BCUT2D eigenvalue weighted by molar-refractivity contribution is 5.99. The van der Waals surface area contributed by atoms with Crippen LogP contribution in [0.5, 0.6) is 11.5 Å². The number of nitrogens with one attached hydrogen (secondary N) is 1. The fourth-order valence-corrected chi connectivity index (χ4v) is 2.76. The summed E-state index contributed by atoms with van der Waals surface area (Å²) in [6.45, 7) is 2.73. The van der Waals surface area contributed by atoms with Gasteiger partial charge in [0.1, 0.15) is 19.8 Å². The monoisotopic (exact) mass is 385 g/mol. The van der Waals surface area contributed by atoms with Gasteiger partial charge < -0.3 is 19.7 Å². The lowest BCUT2D eigenvalue weighted by Crippen LogP contribution is -2.37. The van der Waals surface area contributed by atoms with Crippen LogP contribution in [-0.2, 0) is 4.79 Å². The molecule has 1 aliphatic rings. The van der Waals surface area contributed by atoms with Crippen molar-refractivity contribution in [3.8, 4) is 11.5 Å². The first-order valence-electron chi connectivity index (χ1n) is 8.71. The van der Waals surface area contributed by atoms with Crippen molar-refractivity contribution in [2.24, 2.45) is 0 Å². The van der Waals surface area contributed by atoms with Gasteiger partial charge in [-0.1, -0.05) is 6.07 Å². The highest BCUT2D eigenvalue weighted by Crippen LogP contribution is 2.32. The molecular weight excluding hydrogens is 366 g/mol. The van der Waals surface area contributed by atoms with Crippen LogP contribution in [0, 0.1) is 10.1 Å². The van der Waals surface area contributed by atoms with Crippen molar-refractivity contribution < 1.29 is 24.0 Å². The fourth-order valence-electron chi connectivity index (χ4n) is 2.76. The molecule has 146 valence electrons. The lowest BCUT2D eigenvalue weighted by molar-refractivity contribution is -0.384. The molecule has 0 bridgehead atoms. The quantitative estimate of drug-likeness (QED) is 0.604. The van der Waals surface area contributed by atoms with Gasteiger partial charge in [0.2, 0.25) is 5.91 Å². The highest BCUT2D eigenvalue weighted by atomic mass is 16.6. The zero-order chi connectivity index (χ0) is 20.1. The van der Waals surface area contributed by atoms with E-state index >= 15 is 0 Å². The second-order valence-electron chi connectivity index (χ2n) is 6.03. The molecule has 3 rings (SSSR count). The molecule has 2 aromatic carbocycles. The topological polar surface area (TPSA) is 111 Å². The molecule has 0 aliphatic carbocycles. The normalized spacial score (nSPS) is 12.2. The number of carbonyl (C=O) groups excluding carboxylic acids is 2. The van der Waals surface area contributed by atoms with Crippen LogP contribution in [0.15, 0.2) is 42.5 Å². The van der Waals surface area contributed by atoms with Crippen LogP contribution in [-0.4, -0.2) is 47.9 Å². The van der Waals surface area contributed by atoms with Crippen LogP contribution < -0.4 is 14.8 Å². The van der Waals surface area contributed by atoms with E-state index in [2.05, 4.69) is 5.32 Å². The zero-order valence-corrected chi connectivity index (χ0v) is 15.2. The number of amides is 2. The van der Waals surface area contributed by atoms with E-state index in [1.165, 1.54) is 29.2 Å². The molecular formula is C19H19N3O6. The molecule has 9 nitrogen and oxygen atoms in total. The second-order valence-corrected chi connectivity index (χ2v) is 6.03. The number of nitro groups is 1. The molecule has 0 radical (unpaired) electrons. The predicted octanol–water partition coefficient (Wildman–Crippen LogP) is 2.47. The molecule has 0 fully saturated rings. The van der Waals surface area contributed by atoms with Crippen LogP contribution in [0.25, 0.3) is 0 Å². The molecule has 9 heteroatoms. The number of carbonyl (C=O) groups is 2. The lowest BCUT2D eigenvalue weighted by atomic mass is 10.1. The van der Waals surface area contributed by atoms with Crippen molar-refractivity contribution in [1.82, 2.24) is 4.90 Å². The summed E-state index contributed by atoms with van der Waals surface area (Å²) in [7, 11) is 0. The van der Waals surface area contributed by atoms with Gasteiger partial charge in [-0.3, -0.25) is 19.7 Å². The SMILES string of the molecule is CCN(CC(=O)Nc1ccc2c(c1)OCCO2)C(=O)c1cccc([N+](=O)[O-])c1. The number of hydrogen-bond donors (Lipinski definition) is 1. The minimum Gasteiger partial charge on any atom is -0.486 e. The van der Waals surface area contributed by atoms with E-state index in [1.807, 2.05) is 0 Å². The van der Waals surface area contributed by atoms with Gasteiger partial charge in [0.05, 0.1) is 4.92 Å². The average Bonchev–Trinajstić information content (AvgIpc) is 2.71. The lowest BCUT2D eigenvalue weighted by Gasteiger charge is -2.21. The third-order valence-electron chi connectivity index (χ3n) is 4.13. The summed E-state index contributed by atoms with van der Waals surface area (Å²) in [6, 6.07) is 10.5. The molecule has 2 aromatic rings. The number of anilines is 1. The Kier molecular flexibility index (Phi) is 5.73. The van der Waals surface area contributed by atoms with Gasteiger partial charge in [0, 0.05) is 36.0 Å². The molecule has 1 aliphatic heterocycles. The smallest absolute Gasteiger partial charge is 0.270 e. The van der Waals surface area contributed by atoms with E-state index in [4.69, 9.17) is 9.47 Å². The molecule has 1 N–H and O–H groups in total. The molecule has 0 unspecified atom stereocenters. The number of benzene rings is 2. The molecule has 2 amide bonds. The van der Waals surface area contributed by atoms with E-state index in [9.17, 15) is 19.7 Å².